The number of rotatable bonds is 7. The maximum Gasteiger partial charge on any atom is 0.263 e. The van der Waals surface area contributed by atoms with Crippen molar-refractivity contribution in [2.45, 2.75) is 64.1 Å². The van der Waals surface area contributed by atoms with Crippen molar-refractivity contribution < 1.29 is 9.18 Å². The predicted molar refractivity (Wildman–Crippen MR) is 158 cm³/mol. The lowest BCUT2D eigenvalue weighted by atomic mass is 9.93. The number of nitrogens with one attached hydrogen (secondary N) is 2. The number of piperidine rings is 1. The van der Waals surface area contributed by atoms with Crippen molar-refractivity contribution in [1.29, 1.82) is 0 Å². The van der Waals surface area contributed by atoms with Crippen LogP contribution in [0.25, 0.3) is 11.0 Å². The minimum Gasteiger partial charge on any atom is -0.368 e. The number of carbonyl (C=O) groups is 1. The van der Waals surface area contributed by atoms with Crippen molar-refractivity contribution in [1.82, 2.24) is 29.7 Å². The number of fused-ring (bicyclic) bond motifs is 1. The Balaban J connectivity index is 1.16. The van der Waals surface area contributed by atoms with Crippen LogP contribution in [0, 0.1) is 6.92 Å². The minimum atomic E-state index is -1.08. The molecule has 0 atom stereocenters. The normalized spacial score (nSPS) is 20.0. The third kappa shape index (κ3) is 5.70. The highest BCUT2D eigenvalue weighted by atomic mass is 19.1. The fourth-order valence-corrected chi connectivity index (χ4v) is 6.67. The van der Waals surface area contributed by atoms with Crippen LogP contribution in [-0.2, 0) is 0 Å². The van der Waals surface area contributed by atoms with E-state index in [9.17, 15) is 9.59 Å². The number of carbonyl (C=O) groups excluding carboxylic acids is 1. The van der Waals surface area contributed by atoms with Crippen LogP contribution in [0.1, 0.15) is 67.4 Å². The van der Waals surface area contributed by atoms with Gasteiger partial charge in [-0.2, -0.15) is 4.98 Å². The number of ketones is 1. The van der Waals surface area contributed by atoms with Gasteiger partial charge in [0.2, 0.25) is 5.95 Å². The topological polar surface area (TPSA) is 108 Å². The Morgan fingerprint density at radius 2 is 1.83 bits per heavy atom. The number of hydrogen-bond acceptors (Lipinski definition) is 9. The highest BCUT2D eigenvalue weighted by Gasteiger charge is 2.34. The van der Waals surface area contributed by atoms with Gasteiger partial charge in [-0.3, -0.25) is 19.1 Å². The van der Waals surface area contributed by atoms with Crippen molar-refractivity contribution in [3.8, 4) is 0 Å². The van der Waals surface area contributed by atoms with Crippen LogP contribution in [0.5, 0.6) is 0 Å². The smallest absolute Gasteiger partial charge is 0.263 e. The van der Waals surface area contributed by atoms with Crippen molar-refractivity contribution in [2.24, 2.45) is 0 Å². The Hall–Kier alpha value is -3.44. The standard InChI is InChI=1S/C30H39FN8O2/c1-20-24-18-34-29(36-27(24)39(22-5-3-4-6-22)28(41)26(20)21(2)40)35-25-8-7-23(17-33-25)38-15-13-37(14-16-38)19-30(31)9-11-32-12-10-30/h7-8,17-18,22,32H,3-6,9-16,19H2,1-2H3,(H,33,34,35,36). The van der Waals surface area contributed by atoms with E-state index in [0.717, 1.165) is 70.6 Å². The first-order valence-electron chi connectivity index (χ1n) is 14.8. The molecular formula is C30H39FN8O2. The summed E-state index contributed by atoms with van der Waals surface area (Å²) in [6.07, 6.45) is 8.60. The summed E-state index contributed by atoms with van der Waals surface area (Å²) in [6.45, 7) is 8.58. The molecule has 2 N–H and O–H groups in total. The van der Waals surface area contributed by atoms with E-state index in [-0.39, 0.29) is 22.9 Å². The molecular weight excluding hydrogens is 523 g/mol. The first-order chi connectivity index (χ1) is 19.8. The Bertz CT molecular complexity index is 1470. The van der Waals surface area contributed by atoms with E-state index >= 15 is 4.39 Å². The Morgan fingerprint density at radius 1 is 1.10 bits per heavy atom. The molecule has 2 aliphatic heterocycles. The summed E-state index contributed by atoms with van der Waals surface area (Å²) in [4.78, 5) is 44.2. The van der Waals surface area contributed by atoms with E-state index in [2.05, 4.69) is 30.4 Å². The number of Topliss-reactive ketones (excluding diaryl/α,β-unsaturated/α-hetero) is 1. The van der Waals surface area contributed by atoms with Gasteiger partial charge >= 0.3 is 0 Å². The molecule has 0 amide bonds. The van der Waals surface area contributed by atoms with Crippen LogP contribution < -0.4 is 21.1 Å². The molecule has 0 spiro atoms. The lowest BCUT2D eigenvalue weighted by Gasteiger charge is -2.40. The van der Waals surface area contributed by atoms with Crippen molar-refractivity contribution in [2.75, 3.05) is 56.0 Å². The van der Waals surface area contributed by atoms with Crippen molar-refractivity contribution in [3.05, 3.63) is 46.0 Å². The zero-order valence-electron chi connectivity index (χ0n) is 24.0. The third-order valence-corrected chi connectivity index (χ3v) is 8.98. The first-order valence-corrected chi connectivity index (χ1v) is 14.8. The lowest BCUT2D eigenvalue weighted by Crippen LogP contribution is -2.53. The molecule has 0 aromatic carbocycles. The second-order valence-corrected chi connectivity index (χ2v) is 11.8. The molecule has 0 bridgehead atoms. The predicted octanol–water partition coefficient (Wildman–Crippen LogP) is 3.77. The average Bonchev–Trinajstić information content (AvgIpc) is 3.48. The highest BCUT2D eigenvalue weighted by Crippen LogP contribution is 2.32. The molecule has 3 fully saturated rings. The molecule has 0 unspecified atom stereocenters. The first kappa shape index (κ1) is 27.7. The number of halogens is 1. The van der Waals surface area contributed by atoms with Crippen LogP contribution >= 0.6 is 0 Å². The van der Waals surface area contributed by atoms with Gasteiger partial charge in [0.1, 0.15) is 17.1 Å². The second kappa shape index (κ2) is 11.4. The number of aryl methyl sites for hydroxylation is 1. The van der Waals surface area contributed by atoms with E-state index < -0.39 is 5.67 Å². The highest BCUT2D eigenvalue weighted by molar-refractivity contribution is 5.99. The molecule has 41 heavy (non-hydrogen) atoms. The number of anilines is 3. The van der Waals surface area contributed by atoms with Gasteiger partial charge in [0.15, 0.2) is 5.78 Å². The number of pyridine rings is 2. The molecule has 2 saturated heterocycles. The summed E-state index contributed by atoms with van der Waals surface area (Å²) in [5.41, 5.74) is 1.08. The molecule has 10 nitrogen and oxygen atoms in total. The zero-order valence-corrected chi connectivity index (χ0v) is 24.0. The second-order valence-electron chi connectivity index (χ2n) is 11.8. The summed E-state index contributed by atoms with van der Waals surface area (Å²) in [5.74, 6) is 0.719. The number of nitrogens with zero attached hydrogens (tertiary/aromatic N) is 6. The van der Waals surface area contributed by atoms with E-state index in [1.807, 2.05) is 18.3 Å². The third-order valence-electron chi connectivity index (χ3n) is 8.98. The van der Waals surface area contributed by atoms with Gasteiger partial charge in [-0.25, -0.2) is 14.4 Å². The number of hydrogen-bond donors (Lipinski definition) is 2. The largest absolute Gasteiger partial charge is 0.368 e. The minimum absolute atomic E-state index is 0.0273. The molecule has 3 aromatic heterocycles. The Morgan fingerprint density at radius 3 is 2.49 bits per heavy atom. The Kier molecular flexibility index (Phi) is 7.74. The monoisotopic (exact) mass is 562 g/mol. The SMILES string of the molecule is CC(=O)c1c(C)c2cnc(Nc3ccc(N4CCN(CC5(F)CCNCC5)CC4)cn3)nc2n(C2CCCC2)c1=O. The van der Waals surface area contributed by atoms with E-state index in [4.69, 9.17) is 4.98 Å². The van der Waals surface area contributed by atoms with Gasteiger partial charge in [0.05, 0.1) is 17.4 Å². The Labute approximate surface area is 239 Å². The van der Waals surface area contributed by atoms with Crippen LogP contribution in [0.2, 0.25) is 0 Å². The van der Waals surface area contributed by atoms with Crippen LogP contribution in [-0.4, -0.2) is 81.7 Å². The summed E-state index contributed by atoms with van der Waals surface area (Å²) in [5, 5.41) is 7.15. The van der Waals surface area contributed by atoms with Crippen molar-refractivity contribution >= 4 is 34.3 Å². The van der Waals surface area contributed by atoms with Crippen LogP contribution in [0.4, 0.5) is 21.8 Å². The summed E-state index contributed by atoms with van der Waals surface area (Å²) < 4.78 is 16.8. The molecule has 6 rings (SSSR count). The summed E-state index contributed by atoms with van der Waals surface area (Å²) in [7, 11) is 0. The summed E-state index contributed by atoms with van der Waals surface area (Å²) >= 11 is 0. The molecule has 1 saturated carbocycles. The van der Waals surface area contributed by atoms with E-state index in [0.29, 0.717) is 47.7 Å². The van der Waals surface area contributed by atoms with E-state index in [1.54, 1.807) is 17.7 Å². The number of aromatic nitrogens is 4. The van der Waals surface area contributed by atoms with Crippen molar-refractivity contribution in [3.63, 3.8) is 0 Å². The summed E-state index contributed by atoms with van der Waals surface area (Å²) in [6, 6.07) is 3.95. The van der Waals surface area contributed by atoms with Gasteiger partial charge in [0, 0.05) is 50.3 Å². The quantitative estimate of drug-likeness (QED) is 0.416. The molecule has 3 aromatic rings. The van der Waals surface area contributed by atoms with Gasteiger partial charge in [0.25, 0.3) is 5.56 Å². The molecule has 0 radical (unpaired) electrons. The molecule has 218 valence electrons. The van der Waals surface area contributed by atoms with Gasteiger partial charge in [-0.15, -0.1) is 0 Å². The molecule has 3 aliphatic rings. The van der Waals surface area contributed by atoms with E-state index in [1.165, 1.54) is 6.92 Å². The van der Waals surface area contributed by atoms with Crippen LogP contribution in [0.15, 0.2) is 29.3 Å². The maximum atomic E-state index is 15.1. The molecule has 11 heteroatoms. The fraction of sp³-hybridized carbons (Fsp3) is 0.567. The fourth-order valence-electron chi connectivity index (χ4n) is 6.67. The lowest BCUT2D eigenvalue weighted by molar-refractivity contribution is 0.0591. The van der Waals surface area contributed by atoms with Gasteiger partial charge in [-0.1, -0.05) is 12.8 Å². The number of piperazine rings is 1. The zero-order chi connectivity index (χ0) is 28.6. The maximum absolute atomic E-state index is 15.1. The molecule has 1 aliphatic carbocycles. The molecule has 5 heterocycles. The van der Waals surface area contributed by atoms with Gasteiger partial charge in [-0.05, 0) is 70.3 Å². The number of alkyl halides is 1. The van der Waals surface area contributed by atoms with Gasteiger partial charge < -0.3 is 15.5 Å². The van der Waals surface area contributed by atoms with Crippen LogP contribution in [0.3, 0.4) is 0 Å². The average molecular weight is 563 g/mol.